The van der Waals surface area contributed by atoms with Gasteiger partial charge in [0.05, 0.1) is 28.5 Å². The SMILES string of the molecule is CCOC(=O)C1=C(C)N=c2s/c(=C/c3ccccc3)c(=O)n2C1c1ccc(F)cc1. The van der Waals surface area contributed by atoms with Crippen LogP contribution in [0.2, 0.25) is 0 Å². The Morgan fingerprint density at radius 1 is 1.20 bits per heavy atom. The van der Waals surface area contributed by atoms with Gasteiger partial charge in [0.15, 0.2) is 4.80 Å². The molecule has 1 atom stereocenters. The highest BCUT2D eigenvalue weighted by molar-refractivity contribution is 7.07. The van der Waals surface area contributed by atoms with Crippen molar-refractivity contribution < 1.29 is 13.9 Å². The van der Waals surface area contributed by atoms with Gasteiger partial charge in [0.1, 0.15) is 5.82 Å². The number of carbonyl (C=O) groups excluding carboxylic acids is 1. The molecule has 3 aromatic rings. The molecule has 0 saturated heterocycles. The number of hydrogen-bond acceptors (Lipinski definition) is 5. The van der Waals surface area contributed by atoms with Crippen molar-refractivity contribution in [1.29, 1.82) is 0 Å². The topological polar surface area (TPSA) is 60.7 Å². The summed E-state index contributed by atoms with van der Waals surface area (Å²) in [6, 6.07) is 14.6. The van der Waals surface area contributed by atoms with Crippen LogP contribution in [0.15, 0.2) is 75.7 Å². The largest absolute Gasteiger partial charge is 0.463 e. The van der Waals surface area contributed by atoms with Gasteiger partial charge in [-0.15, -0.1) is 0 Å². The predicted octanol–water partition coefficient (Wildman–Crippen LogP) is 2.94. The highest BCUT2D eigenvalue weighted by Crippen LogP contribution is 2.30. The van der Waals surface area contributed by atoms with Crippen LogP contribution in [0.4, 0.5) is 4.39 Å². The Balaban J connectivity index is 1.96. The van der Waals surface area contributed by atoms with Crippen molar-refractivity contribution in [3.63, 3.8) is 0 Å². The van der Waals surface area contributed by atoms with Crippen molar-refractivity contribution in [2.45, 2.75) is 19.9 Å². The lowest BCUT2D eigenvalue weighted by Gasteiger charge is -2.24. The Morgan fingerprint density at radius 3 is 2.57 bits per heavy atom. The fourth-order valence-electron chi connectivity index (χ4n) is 3.45. The van der Waals surface area contributed by atoms with Crippen LogP contribution in [0.3, 0.4) is 0 Å². The third kappa shape index (κ3) is 3.64. The van der Waals surface area contributed by atoms with Gasteiger partial charge in [-0.2, -0.15) is 0 Å². The quantitative estimate of drug-likeness (QED) is 0.608. The molecule has 30 heavy (non-hydrogen) atoms. The summed E-state index contributed by atoms with van der Waals surface area (Å²) in [6.07, 6.45) is 1.80. The zero-order valence-electron chi connectivity index (χ0n) is 16.5. The number of rotatable bonds is 4. The molecule has 152 valence electrons. The molecule has 0 aliphatic carbocycles. The third-order valence-corrected chi connectivity index (χ3v) is 5.78. The minimum absolute atomic E-state index is 0.199. The molecule has 7 heteroatoms. The number of esters is 1. The average Bonchev–Trinajstić information content (AvgIpc) is 3.03. The van der Waals surface area contributed by atoms with E-state index in [4.69, 9.17) is 4.74 Å². The molecule has 2 aromatic carbocycles. The lowest BCUT2D eigenvalue weighted by atomic mass is 9.96. The maximum atomic E-state index is 13.5. The Morgan fingerprint density at radius 2 is 1.90 bits per heavy atom. The average molecular weight is 422 g/mol. The highest BCUT2D eigenvalue weighted by atomic mass is 32.1. The lowest BCUT2D eigenvalue weighted by Crippen LogP contribution is -2.39. The molecular formula is C23H19FN2O3S. The molecule has 0 N–H and O–H groups in total. The van der Waals surface area contributed by atoms with Gasteiger partial charge < -0.3 is 4.74 Å². The molecule has 2 heterocycles. The van der Waals surface area contributed by atoms with Gasteiger partial charge in [-0.1, -0.05) is 53.8 Å². The molecule has 1 aliphatic rings. The van der Waals surface area contributed by atoms with Crippen molar-refractivity contribution in [3.05, 3.63) is 102 Å². The molecule has 0 radical (unpaired) electrons. The van der Waals surface area contributed by atoms with Gasteiger partial charge in [-0.25, -0.2) is 14.2 Å². The van der Waals surface area contributed by atoms with Crippen LogP contribution >= 0.6 is 11.3 Å². The fraction of sp³-hybridized carbons (Fsp3) is 0.174. The Hall–Kier alpha value is -3.32. The summed E-state index contributed by atoms with van der Waals surface area (Å²) in [7, 11) is 0. The molecular weight excluding hydrogens is 403 g/mol. The number of nitrogens with zero attached hydrogens (tertiary/aromatic N) is 2. The number of halogens is 1. The zero-order valence-corrected chi connectivity index (χ0v) is 17.3. The number of ether oxygens (including phenoxy) is 1. The summed E-state index contributed by atoms with van der Waals surface area (Å²) in [6.45, 7) is 3.64. The van der Waals surface area contributed by atoms with E-state index in [9.17, 15) is 14.0 Å². The molecule has 1 unspecified atom stereocenters. The first-order valence-corrected chi connectivity index (χ1v) is 10.3. The van der Waals surface area contributed by atoms with Gasteiger partial charge in [0.25, 0.3) is 5.56 Å². The molecule has 5 nitrogen and oxygen atoms in total. The maximum Gasteiger partial charge on any atom is 0.338 e. The van der Waals surface area contributed by atoms with Gasteiger partial charge in [-0.3, -0.25) is 9.36 Å². The van der Waals surface area contributed by atoms with Crippen LogP contribution in [0.25, 0.3) is 6.08 Å². The number of benzene rings is 2. The molecule has 0 amide bonds. The first kappa shape index (κ1) is 20.0. The monoisotopic (exact) mass is 422 g/mol. The Bertz CT molecular complexity index is 1310. The fourth-order valence-corrected chi connectivity index (χ4v) is 4.50. The predicted molar refractivity (Wildman–Crippen MR) is 113 cm³/mol. The van der Waals surface area contributed by atoms with Gasteiger partial charge in [-0.05, 0) is 43.2 Å². The maximum absolute atomic E-state index is 13.5. The molecule has 4 rings (SSSR count). The van der Waals surface area contributed by atoms with E-state index < -0.39 is 17.8 Å². The normalized spacial score (nSPS) is 16.2. The number of fused-ring (bicyclic) bond motifs is 1. The first-order valence-electron chi connectivity index (χ1n) is 9.49. The smallest absolute Gasteiger partial charge is 0.338 e. The number of thiazole rings is 1. The summed E-state index contributed by atoms with van der Waals surface area (Å²) in [4.78, 5) is 31.1. The van der Waals surface area contributed by atoms with E-state index in [0.717, 1.165) is 5.56 Å². The number of allylic oxidation sites excluding steroid dienone is 1. The van der Waals surface area contributed by atoms with E-state index in [-0.39, 0.29) is 17.7 Å². The van der Waals surface area contributed by atoms with Crippen molar-refractivity contribution >= 4 is 23.4 Å². The van der Waals surface area contributed by atoms with E-state index >= 15 is 0 Å². The van der Waals surface area contributed by atoms with Crippen molar-refractivity contribution in [1.82, 2.24) is 4.57 Å². The molecule has 0 spiro atoms. The lowest BCUT2D eigenvalue weighted by molar-refractivity contribution is -0.139. The second-order valence-corrected chi connectivity index (χ2v) is 7.77. The summed E-state index contributed by atoms with van der Waals surface area (Å²) < 4.78 is 20.8. The van der Waals surface area contributed by atoms with Gasteiger partial charge in [0, 0.05) is 0 Å². The minimum atomic E-state index is -0.737. The van der Waals surface area contributed by atoms with E-state index in [1.165, 1.54) is 28.0 Å². The van der Waals surface area contributed by atoms with Gasteiger partial charge >= 0.3 is 5.97 Å². The zero-order chi connectivity index (χ0) is 21.3. The number of carbonyl (C=O) groups is 1. The summed E-state index contributed by atoms with van der Waals surface area (Å²) in [5, 5.41) is 0. The minimum Gasteiger partial charge on any atom is -0.463 e. The van der Waals surface area contributed by atoms with E-state index in [2.05, 4.69) is 4.99 Å². The molecule has 0 saturated carbocycles. The van der Waals surface area contributed by atoms with E-state index in [1.54, 1.807) is 32.1 Å². The van der Waals surface area contributed by atoms with Crippen LogP contribution in [-0.2, 0) is 9.53 Å². The molecule has 1 aromatic heterocycles. The van der Waals surface area contributed by atoms with Crippen LogP contribution in [-0.4, -0.2) is 17.1 Å². The van der Waals surface area contributed by atoms with Crippen molar-refractivity contribution in [2.24, 2.45) is 4.99 Å². The Labute approximate surface area is 176 Å². The van der Waals surface area contributed by atoms with Crippen LogP contribution in [0, 0.1) is 5.82 Å². The standard InChI is InChI=1S/C23H19FN2O3S/c1-3-29-22(28)19-14(2)25-23-26(20(19)16-9-11-17(24)12-10-16)21(27)18(30-23)13-15-7-5-4-6-8-15/h4-13,20H,3H2,1-2H3/b18-13+. The van der Waals surface area contributed by atoms with E-state index in [0.29, 0.717) is 20.6 Å². The van der Waals surface area contributed by atoms with Crippen molar-refractivity contribution in [3.8, 4) is 0 Å². The van der Waals surface area contributed by atoms with Gasteiger partial charge in [0.2, 0.25) is 0 Å². The molecule has 0 fully saturated rings. The van der Waals surface area contributed by atoms with Crippen LogP contribution in [0.1, 0.15) is 31.0 Å². The summed E-state index contributed by atoms with van der Waals surface area (Å²) in [5.41, 5.74) is 2.01. The third-order valence-electron chi connectivity index (χ3n) is 4.80. The van der Waals surface area contributed by atoms with Crippen molar-refractivity contribution in [2.75, 3.05) is 6.61 Å². The number of hydrogen-bond donors (Lipinski definition) is 0. The van der Waals surface area contributed by atoms with E-state index in [1.807, 2.05) is 30.3 Å². The molecule has 1 aliphatic heterocycles. The second-order valence-electron chi connectivity index (χ2n) is 6.76. The van der Waals surface area contributed by atoms with Crippen LogP contribution < -0.4 is 14.9 Å². The summed E-state index contributed by atoms with van der Waals surface area (Å²) in [5.74, 6) is -0.931. The Kier molecular flexibility index (Phi) is 5.46. The highest BCUT2D eigenvalue weighted by Gasteiger charge is 2.33. The second kappa shape index (κ2) is 8.20. The van der Waals surface area contributed by atoms with Crippen LogP contribution in [0.5, 0.6) is 0 Å². The number of aromatic nitrogens is 1. The summed E-state index contributed by atoms with van der Waals surface area (Å²) >= 11 is 1.26. The molecule has 0 bridgehead atoms. The first-order chi connectivity index (χ1) is 14.5.